The number of hydrogen-bond donors (Lipinski definition) is 0. The van der Waals surface area contributed by atoms with Crippen molar-refractivity contribution in [3.63, 3.8) is 0 Å². The highest BCUT2D eigenvalue weighted by atomic mass is 16.6. The Morgan fingerprint density at radius 1 is 1.50 bits per heavy atom. The number of ether oxygens (including phenoxy) is 1. The van der Waals surface area contributed by atoms with Crippen molar-refractivity contribution < 1.29 is 14.5 Å². The van der Waals surface area contributed by atoms with E-state index in [9.17, 15) is 14.9 Å². The fourth-order valence-electron chi connectivity index (χ4n) is 1.52. The average molecular weight is 222 g/mol. The Kier molecular flexibility index (Phi) is 2.47. The maximum Gasteiger partial charge on any atom is 0.273 e. The second-order valence-corrected chi connectivity index (χ2v) is 3.59. The Bertz CT molecular complexity index is 458. The van der Waals surface area contributed by atoms with Gasteiger partial charge in [0.05, 0.1) is 11.0 Å². The van der Waals surface area contributed by atoms with E-state index in [1.54, 1.807) is 13.1 Å². The molecule has 0 radical (unpaired) electrons. The summed E-state index contributed by atoms with van der Waals surface area (Å²) in [4.78, 5) is 23.0. The Morgan fingerprint density at radius 3 is 2.94 bits per heavy atom. The minimum Gasteiger partial charge on any atom is -0.483 e. The molecule has 0 saturated heterocycles. The topological polar surface area (TPSA) is 72.7 Å². The van der Waals surface area contributed by atoms with Gasteiger partial charge in [-0.1, -0.05) is 0 Å². The molecule has 0 fully saturated rings. The molecular formula is C10H10N2O4. The van der Waals surface area contributed by atoms with Crippen LogP contribution >= 0.6 is 0 Å². The lowest BCUT2D eigenvalue weighted by atomic mass is 10.2. The molecule has 1 heterocycles. The maximum atomic E-state index is 11.4. The highest BCUT2D eigenvalue weighted by Gasteiger charge is 2.20. The van der Waals surface area contributed by atoms with Crippen LogP contribution in [0, 0.1) is 10.1 Å². The summed E-state index contributed by atoms with van der Waals surface area (Å²) >= 11 is 0. The van der Waals surface area contributed by atoms with Crippen LogP contribution in [0.4, 0.5) is 5.69 Å². The smallest absolute Gasteiger partial charge is 0.273 e. The molecule has 0 unspecified atom stereocenters. The number of carbonyl (C=O) groups is 1. The number of amides is 1. The lowest BCUT2D eigenvalue weighted by Gasteiger charge is -2.12. The van der Waals surface area contributed by atoms with Crippen LogP contribution in [0.25, 0.3) is 0 Å². The predicted molar refractivity (Wildman–Crippen MR) is 55.1 cm³/mol. The minimum absolute atomic E-state index is 0.0317. The first-order valence-electron chi connectivity index (χ1n) is 4.72. The monoisotopic (exact) mass is 222 g/mol. The molecule has 1 aromatic carbocycles. The molecule has 1 aliphatic rings. The number of nitro groups is 1. The zero-order valence-corrected chi connectivity index (χ0v) is 8.67. The van der Waals surface area contributed by atoms with Crippen molar-refractivity contribution in [2.45, 2.75) is 6.54 Å². The summed E-state index contributed by atoms with van der Waals surface area (Å²) in [5.41, 5.74) is 0.745. The molecule has 0 bridgehead atoms. The largest absolute Gasteiger partial charge is 0.483 e. The molecule has 1 amide bonds. The van der Waals surface area contributed by atoms with Crippen LogP contribution in [0.3, 0.4) is 0 Å². The molecule has 0 saturated carbocycles. The van der Waals surface area contributed by atoms with E-state index >= 15 is 0 Å². The zero-order chi connectivity index (χ0) is 11.7. The fraction of sp³-hybridized carbons (Fsp3) is 0.300. The summed E-state index contributed by atoms with van der Waals surface area (Å²) in [5.74, 6) is 0.269. The Hall–Kier alpha value is -2.11. The number of hydrogen-bond acceptors (Lipinski definition) is 4. The molecule has 2 rings (SSSR count). The highest BCUT2D eigenvalue weighted by molar-refractivity contribution is 5.78. The zero-order valence-electron chi connectivity index (χ0n) is 8.67. The average Bonchev–Trinajstić information content (AvgIpc) is 2.39. The number of likely N-dealkylation sites (N-methyl/N-ethyl adjacent to an activating group) is 1. The van der Waals surface area contributed by atoms with E-state index in [2.05, 4.69) is 0 Å². The van der Waals surface area contributed by atoms with Gasteiger partial charge in [-0.2, -0.15) is 0 Å². The van der Waals surface area contributed by atoms with Gasteiger partial charge in [-0.25, -0.2) is 0 Å². The van der Waals surface area contributed by atoms with E-state index in [0.29, 0.717) is 12.3 Å². The molecule has 6 nitrogen and oxygen atoms in total. The lowest BCUT2D eigenvalue weighted by Crippen LogP contribution is -2.28. The molecule has 84 valence electrons. The molecule has 16 heavy (non-hydrogen) atoms. The molecular weight excluding hydrogens is 212 g/mol. The normalized spacial score (nSPS) is 15.1. The van der Waals surface area contributed by atoms with Crippen molar-refractivity contribution in [1.29, 1.82) is 0 Å². The summed E-state index contributed by atoms with van der Waals surface area (Å²) in [7, 11) is 1.67. The van der Waals surface area contributed by atoms with Crippen molar-refractivity contribution in [3.8, 4) is 5.75 Å². The molecule has 6 heteroatoms. The van der Waals surface area contributed by atoms with E-state index in [1.807, 2.05) is 0 Å². The molecule has 0 N–H and O–H groups in total. The van der Waals surface area contributed by atoms with Crippen LogP contribution in [-0.2, 0) is 11.3 Å². The highest BCUT2D eigenvalue weighted by Crippen LogP contribution is 2.27. The van der Waals surface area contributed by atoms with Crippen molar-refractivity contribution in [1.82, 2.24) is 4.90 Å². The van der Waals surface area contributed by atoms with Gasteiger partial charge in [0.2, 0.25) is 0 Å². The van der Waals surface area contributed by atoms with Crippen LogP contribution in [-0.4, -0.2) is 29.4 Å². The first kappa shape index (κ1) is 10.4. The van der Waals surface area contributed by atoms with E-state index in [4.69, 9.17) is 4.74 Å². The first-order chi connectivity index (χ1) is 7.58. The fourth-order valence-corrected chi connectivity index (χ4v) is 1.52. The van der Waals surface area contributed by atoms with Crippen LogP contribution in [0.5, 0.6) is 5.75 Å². The maximum absolute atomic E-state index is 11.4. The lowest BCUT2D eigenvalue weighted by molar-refractivity contribution is -0.384. The van der Waals surface area contributed by atoms with Crippen molar-refractivity contribution in [2.75, 3.05) is 13.7 Å². The van der Waals surface area contributed by atoms with E-state index in [1.165, 1.54) is 17.0 Å². The molecule has 0 aromatic heterocycles. The minimum atomic E-state index is -0.486. The molecule has 1 aromatic rings. The van der Waals surface area contributed by atoms with Gasteiger partial charge in [-0.3, -0.25) is 14.9 Å². The predicted octanol–water partition coefficient (Wildman–Crippen LogP) is 0.946. The quantitative estimate of drug-likeness (QED) is 0.523. The van der Waals surface area contributed by atoms with Gasteiger partial charge in [0.25, 0.3) is 11.6 Å². The second-order valence-electron chi connectivity index (χ2n) is 3.59. The Labute approximate surface area is 91.6 Å². The van der Waals surface area contributed by atoms with Gasteiger partial charge < -0.3 is 9.64 Å². The summed E-state index contributed by atoms with van der Waals surface area (Å²) in [5, 5.41) is 10.6. The van der Waals surface area contributed by atoms with E-state index < -0.39 is 4.92 Å². The summed E-state index contributed by atoms with van der Waals surface area (Å²) in [6, 6.07) is 4.37. The summed E-state index contributed by atoms with van der Waals surface area (Å²) < 4.78 is 5.23. The summed E-state index contributed by atoms with van der Waals surface area (Å²) in [6.07, 6.45) is 0. The van der Waals surface area contributed by atoms with Gasteiger partial charge in [0.15, 0.2) is 6.61 Å². The van der Waals surface area contributed by atoms with Crippen molar-refractivity contribution in [2.24, 2.45) is 0 Å². The number of fused-ring (bicyclic) bond motifs is 1. The first-order valence-corrected chi connectivity index (χ1v) is 4.72. The number of benzene rings is 1. The van der Waals surface area contributed by atoms with Crippen LogP contribution in [0.15, 0.2) is 18.2 Å². The number of carbonyl (C=O) groups excluding carboxylic acids is 1. The number of non-ortho nitro benzene ring substituents is 1. The Morgan fingerprint density at radius 2 is 2.25 bits per heavy atom. The molecule has 0 aliphatic carbocycles. The third kappa shape index (κ3) is 1.81. The van der Waals surface area contributed by atoms with Crippen LogP contribution < -0.4 is 4.74 Å². The second kappa shape index (κ2) is 3.80. The Balaban J connectivity index is 2.38. The van der Waals surface area contributed by atoms with Crippen LogP contribution in [0.2, 0.25) is 0 Å². The third-order valence-corrected chi connectivity index (χ3v) is 2.45. The van der Waals surface area contributed by atoms with Gasteiger partial charge in [0.1, 0.15) is 5.75 Å². The van der Waals surface area contributed by atoms with E-state index in [-0.39, 0.29) is 18.2 Å². The number of rotatable bonds is 1. The van der Waals surface area contributed by atoms with Gasteiger partial charge >= 0.3 is 0 Å². The summed E-state index contributed by atoms with van der Waals surface area (Å²) in [6.45, 7) is 0.330. The van der Waals surface area contributed by atoms with Gasteiger partial charge in [-0.15, -0.1) is 0 Å². The van der Waals surface area contributed by atoms with Crippen LogP contribution in [0.1, 0.15) is 5.56 Å². The number of nitrogens with zero attached hydrogens (tertiary/aromatic N) is 2. The molecule has 1 aliphatic heterocycles. The standard InChI is InChI=1S/C10H10N2O4/c1-11-5-7-2-3-8(12(14)15)4-9(7)16-6-10(11)13/h2-4H,5-6H2,1H3. The third-order valence-electron chi connectivity index (χ3n) is 2.45. The van der Waals surface area contributed by atoms with Crippen molar-refractivity contribution >= 4 is 11.6 Å². The van der Waals surface area contributed by atoms with Gasteiger partial charge in [-0.05, 0) is 6.07 Å². The number of nitro benzene ring substituents is 1. The molecule has 0 spiro atoms. The molecule has 0 atom stereocenters. The van der Waals surface area contributed by atoms with E-state index in [0.717, 1.165) is 5.56 Å². The SMILES string of the molecule is CN1Cc2ccc([N+](=O)[O-])cc2OCC1=O. The van der Waals surface area contributed by atoms with Gasteiger partial charge in [0, 0.05) is 25.2 Å². The van der Waals surface area contributed by atoms with Crippen molar-refractivity contribution in [3.05, 3.63) is 33.9 Å².